The molecule has 1 saturated heterocycles. The molecule has 1 fully saturated rings. The zero-order valence-corrected chi connectivity index (χ0v) is 17.2. The van der Waals surface area contributed by atoms with Gasteiger partial charge in [0, 0.05) is 29.2 Å². The van der Waals surface area contributed by atoms with E-state index in [-0.39, 0.29) is 0 Å². The molecule has 0 bridgehead atoms. The van der Waals surface area contributed by atoms with E-state index in [0.29, 0.717) is 11.7 Å². The standard InChI is InChI=1S/C24H29N5O/c30-20-7-8-23-21(15-20)22(17-25-23)18-9-13-28(14-10-18)11-3-4-12-29-24-6-2-1-5-19(24)16-26-27-29/h1-2,5-8,15-18,25,27,30H,3-4,9-14H2. The summed E-state index contributed by atoms with van der Waals surface area (Å²) in [5.41, 5.74) is 7.97. The first-order chi connectivity index (χ1) is 14.8. The maximum absolute atomic E-state index is 9.84. The molecular formula is C24H29N5O. The second-order valence-corrected chi connectivity index (χ2v) is 8.37. The summed E-state index contributed by atoms with van der Waals surface area (Å²) in [5.74, 6) is 0.918. The molecule has 3 N–H and O–H groups in total. The average molecular weight is 404 g/mol. The van der Waals surface area contributed by atoms with Gasteiger partial charge in [-0.25, -0.2) is 5.53 Å². The number of H-pyrrole nitrogens is 1. The van der Waals surface area contributed by atoms with Gasteiger partial charge in [0.2, 0.25) is 0 Å². The van der Waals surface area contributed by atoms with Crippen LogP contribution in [0.15, 0.2) is 53.8 Å². The van der Waals surface area contributed by atoms with Crippen LogP contribution in [0.2, 0.25) is 0 Å². The van der Waals surface area contributed by atoms with E-state index in [9.17, 15) is 5.11 Å². The Morgan fingerprint density at radius 2 is 1.87 bits per heavy atom. The molecular weight excluding hydrogens is 374 g/mol. The molecule has 0 atom stereocenters. The van der Waals surface area contributed by atoms with Crippen LogP contribution in [0.4, 0.5) is 5.69 Å². The molecule has 2 aromatic carbocycles. The molecule has 3 heterocycles. The molecule has 3 aromatic rings. The Morgan fingerprint density at radius 1 is 1.03 bits per heavy atom. The molecule has 6 nitrogen and oxygen atoms in total. The third-order valence-corrected chi connectivity index (χ3v) is 6.44. The van der Waals surface area contributed by atoms with Gasteiger partial charge in [0.1, 0.15) is 5.75 Å². The quantitative estimate of drug-likeness (QED) is 0.540. The van der Waals surface area contributed by atoms with Crippen LogP contribution in [0.3, 0.4) is 0 Å². The van der Waals surface area contributed by atoms with Crippen molar-refractivity contribution in [2.24, 2.45) is 5.10 Å². The normalized spacial score (nSPS) is 17.3. The van der Waals surface area contributed by atoms with Crippen LogP contribution in [-0.2, 0) is 0 Å². The van der Waals surface area contributed by atoms with Gasteiger partial charge in [0.05, 0.1) is 11.9 Å². The van der Waals surface area contributed by atoms with Gasteiger partial charge in [-0.1, -0.05) is 18.2 Å². The number of aromatic amines is 1. The lowest BCUT2D eigenvalue weighted by Crippen LogP contribution is -2.39. The van der Waals surface area contributed by atoms with Gasteiger partial charge in [-0.15, -0.1) is 0 Å². The van der Waals surface area contributed by atoms with Crippen LogP contribution in [0.1, 0.15) is 42.7 Å². The van der Waals surface area contributed by atoms with Gasteiger partial charge in [0.25, 0.3) is 0 Å². The van der Waals surface area contributed by atoms with Crippen molar-refractivity contribution < 1.29 is 5.11 Å². The summed E-state index contributed by atoms with van der Waals surface area (Å²) < 4.78 is 0. The van der Waals surface area contributed by atoms with Crippen molar-refractivity contribution in [2.75, 3.05) is 31.2 Å². The minimum atomic E-state index is 0.345. The predicted octanol–water partition coefficient (Wildman–Crippen LogP) is 4.19. The van der Waals surface area contributed by atoms with E-state index in [1.165, 1.54) is 41.5 Å². The second kappa shape index (κ2) is 8.40. The van der Waals surface area contributed by atoms with Crippen LogP contribution >= 0.6 is 0 Å². The third-order valence-electron chi connectivity index (χ3n) is 6.44. The number of para-hydroxylation sites is 1. The molecule has 5 rings (SSSR count). The minimum Gasteiger partial charge on any atom is -0.508 e. The van der Waals surface area contributed by atoms with E-state index in [4.69, 9.17) is 0 Å². The Hall–Kier alpha value is -2.99. The molecule has 30 heavy (non-hydrogen) atoms. The molecule has 0 saturated carbocycles. The number of unbranched alkanes of at least 4 members (excludes halogenated alkanes) is 1. The first-order valence-corrected chi connectivity index (χ1v) is 11.0. The molecule has 0 spiro atoms. The first-order valence-electron chi connectivity index (χ1n) is 11.0. The van der Waals surface area contributed by atoms with Crippen molar-refractivity contribution in [3.63, 3.8) is 0 Å². The number of phenolic OH excluding ortho intramolecular Hbond substituents is 1. The number of piperidine rings is 1. The molecule has 0 amide bonds. The van der Waals surface area contributed by atoms with Gasteiger partial charge in [-0.05, 0) is 81.1 Å². The zero-order valence-electron chi connectivity index (χ0n) is 17.2. The molecule has 2 aliphatic rings. The number of hydrazone groups is 1. The highest BCUT2D eigenvalue weighted by Gasteiger charge is 2.23. The fraction of sp³-hybridized carbons (Fsp3) is 0.375. The number of aromatic nitrogens is 1. The van der Waals surface area contributed by atoms with E-state index >= 15 is 0 Å². The topological polar surface area (TPSA) is 66.9 Å². The molecule has 6 heteroatoms. The van der Waals surface area contributed by atoms with Crippen molar-refractivity contribution in [2.45, 2.75) is 31.6 Å². The summed E-state index contributed by atoms with van der Waals surface area (Å²) >= 11 is 0. The highest BCUT2D eigenvalue weighted by Crippen LogP contribution is 2.34. The molecule has 0 unspecified atom stereocenters. The number of benzene rings is 2. The summed E-state index contributed by atoms with van der Waals surface area (Å²) in [6.45, 7) is 4.40. The Kier molecular flexibility index (Phi) is 5.32. The lowest BCUT2D eigenvalue weighted by molar-refractivity contribution is 0.209. The van der Waals surface area contributed by atoms with Gasteiger partial charge in [-0.3, -0.25) is 5.01 Å². The first kappa shape index (κ1) is 19.0. The van der Waals surface area contributed by atoms with E-state index in [1.807, 2.05) is 18.3 Å². The number of likely N-dealkylation sites (tertiary alicyclic amines) is 1. The largest absolute Gasteiger partial charge is 0.508 e. The van der Waals surface area contributed by atoms with Crippen molar-refractivity contribution in [3.8, 4) is 5.75 Å². The summed E-state index contributed by atoms with van der Waals surface area (Å²) in [6, 6.07) is 14.0. The van der Waals surface area contributed by atoms with Gasteiger partial charge < -0.3 is 15.0 Å². The number of fused-ring (bicyclic) bond motifs is 2. The Labute approximate surface area is 177 Å². The Bertz CT molecular complexity index is 1040. The van der Waals surface area contributed by atoms with Crippen molar-refractivity contribution in [1.29, 1.82) is 0 Å². The van der Waals surface area contributed by atoms with E-state index in [0.717, 1.165) is 38.1 Å². The Morgan fingerprint density at radius 3 is 2.77 bits per heavy atom. The third kappa shape index (κ3) is 3.87. The van der Waals surface area contributed by atoms with Crippen LogP contribution < -0.4 is 10.5 Å². The monoisotopic (exact) mass is 403 g/mol. The summed E-state index contributed by atoms with van der Waals surface area (Å²) in [7, 11) is 0. The lowest BCUT2D eigenvalue weighted by atomic mass is 9.89. The molecule has 156 valence electrons. The fourth-order valence-corrected chi connectivity index (χ4v) is 4.78. The Balaban J connectivity index is 1.09. The van der Waals surface area contributed by atoms with Crippen LogP contribution in [-0.4, -0.2) is 47.4 Å². The van der Waals surface area contributed by atoms with E-state index in [1.54, 1.807) is 6.07 Å². The van der Waals surface area contributed by atoms with Gasteiger partial charge >= 0.3 is 0 Å². The lowest BCUT2D eigenvalue weighted by Gasteiger charge is -2.32. The number of nitrogens with one attached hydrogen (secondary N) is 2. The summed E-state index contributed by atoms with van der Waals surface area (Å²) in [4.78, 5) is 5.95. The van der Waals surface area contributed by atoms with Crippen molar-refractivity contribution in [3.05, 3.63) is 59.8 Å². The smallest absolute Gasteiger partial charge is 0.116 e. The maximum Gasteiger partial charge on any atom is 0.116 e. The maximum atomic E-state index is 9.84. The number of aromatic hydroxyl groups is 1. The number of hydrogen-bond donors (Lipinski definition) is 3. The summed E-state index contributed by atoms with van der Waals surface area (Å²) in [6.07, 6.45) is 8.70. The number of hydrogen-bond acceptors (Lipinski definition) is 5. The SMILES string of the molecule is Oc1ccc2[nH]cc(C3CCN(CCCCN4NN=Cc5ccccc54)CC3)c2c1. The number of nitrogens with zero attached hydrogens (tertiary/aromatic N) is 3. The van der Waals surface area contributed by atoms with Gasteiger partial charge in [0.15, 0.2) is 0 Å². The average Bonchev–Trinajstić information content (AvgIpc) is 3.20. The van der Waals surface area contributed by atoms with Crippen molar-refractivity contribution >= 4 is 22.8 Å². The van der Waals surface area contributed by atoms with E-state index < -0.39 is 0 Å². The van der Waals surface area contributed by atoms with Crippen LogP contribution in [0.25, 0.3) is 10.9 Å². The second-order valence-electron chi connectivity index (χ2n) is 8.37. The van der Waals surface area contributed by atoms with Crippen LogP contribution in [0.5, 0.6) is 5.75 Å². The highest BCUT2D eigenvalue weighted by molar-refractivity contribution is 5.89. The van der Waals surface area contributed by atoms with Crippen molar-refractivity contribution in [1.82, 2.24) is 15.4 Å². The van der Waals surface area contributed by atoms with Crippen LogP contribution in [0, 0.1) is 0 Å². The zero-order chi connectivity index (χ0) is 20.3. The van der Waals surface area contributed by atoms with Gasteiger partial charge in [-0.2, -0.15) is 5.10 Å². The number of anilines is 1. The molecule has 0 radical (unpaired) electrons. The highest BCUT2D eigenvalue weighted by atomic mass is 16.3. The van der Waals surface area contributed by atoms with E-state index in [2.05, 4.69) is 56.0 Å². The fourth-order valence-electron chi connectivity index (χ4n) is 4.78. The summed E-state index contributed by atoms with van der Waals surface area (Å²) in [5, 5.41) is 17.4. The number of rotatable bonds is 6. The minimum absolute atomic E-state index is 0.345. The number of hydrazine groups is 1. The molecule has 2 aliphatic heterocycles. The molecule has 1 aromatic heterocycles. The number of phenols is 1. The predicted molar refractivity (Wildman–Crippen MR) is 122 cm³/mol. The molecule has 0 aliphatic carbocycles.